The SMILES string of the molecule is Cc1ccc(CSCCNC(=O)C2CCCN(Cc3nc(-c4ccc(Cl)cc4Cl)no3)C2)cc1. The molecule has 9 heteroatoms. The number of hydrogen-bond donors (Lipinski definition) is 1. The number of nitrogens with one attached hydrogen (secondary N) is 1. The van der Waals surface area contributed by atoms with E-state index in [9.17, 15) is 4.79 Å². The van der Waals surface area contributed by atoms with Crippen molar-refractivity contribution in [2.75, 3.05) is 25.4 Å². The van der Waals surface area contributed by atoms with E-state index in [1.54, 1.807) is 18.2 Å². The smallest absolute Gasteiger partial charge is 0.241 e. The van der Waals surface area contributed by atoms with Gasteiger partial charge >= 0.3 is 0 Å². The van der Waals surface area contributed by atoms with E-state index in [1.165, 1.54) is 11.1 Å². The minimum atomic E-state index is -0.0241. The van der Waals surface area contributed by atoms with Crippen molar-refractivity contribution in [3.8, 4) is 11.4 Å². The molecule has 1 aromatic heterocycles. The molecule has 1 saturated heterocycles. The van der Waals surface area contributed by atoms with E-state index in [0.29, 0.717) is 47.0 Å². The van der Waals surface area contributed by atoms with Crippen LogP contribution in [0, 0.1) is 12.8 Å². The van der Waals surface area contributed by atoms with Crippen molar-refractivity contribution in [1.82, 2.24) is 20.4 Å². The fraction of sp³-hybridized carbons (Fsp3) is 0.400. The van der Waals surface area contributed by atoms with Crippen LogP contribution >= 0.6 is 35.0 Å². The van der Waals surface area contributed by atoms with E-state index >= 15 is 0 Å². The number of rotatable bonds is 9. The standard InChI is InChI=1S/C25H28Cl2N4O2S/c1-17-4-6-18(7-5-17)16-34-12-10-28-25(32)19-3-2-11-31(14-19)15-23-29-24(30-33-23)21-9-8-20(26)13-22(21)27/h4-9,13,19H,2-3,10-12,14-16H2,1H3,(H,28,32). The van der Waals surface area contributed by atoms with Crippen LogP contribution in [0.5, 0.6) is 0 Å². The summed E-state index contributed by atoms with van der Waals surface area (Å²) in [5.74, 6) is 2.90. The Labute approximate surface area is 214 Å². The maximum absolute atomic E-state index is 12.7. The molecule has 2 aromatic carbocycles. The van der Waals surface area contributed by atoms with E-state index in [-0.39, 0.29) is 11.8 Å². The summed E-state index contributed by atoms with van der Waals surface area (Å²) in [6.07, 6.45) is 1.86. The number of piperidine rings is 1. The molecule has 2 heterocycles. The Morgan fingerprint density at radius 2 is 2.06 bits per heavy atom. The van der Waals surface area contributed by atoms with Crippen LogP contribution in [-0.2, 0) is 17.1 Å². The van der Waals surface area contributed by atoms with Gasteiger partial charge in [0.1, 0.15) is 0 Å². The maximum atomic E-state index is 12.7. The van der Waals surface area contributed by atoms with Crippen LogP contribution < -0.4 is 5.32 Å². The monoisotopic (exact) mass is 518 g/mol. The molecule has 1 fully saturated rings. The molecule has 0 spiro atoms. The van der Waals surface area contributed by atoms with Gasteiger partial charge in [-0.1, -0.05) is 58.2 Å². The largest absolute Gasteiger partial charge is 0.355 e. The Kier molecular flexibility index (Phi) is 8.89. The highest BCUT2D eigenvalue weighted by molar-refractivity contribution is 7.98. The van der Waals surface area contributed by atoms with Gasteiger partial charge in [-0.2, -0.15) is 16.7 Å². The van der Waals surface area contributed by atoms with Gasteiger partial charge in [0.05, 0.1) is 17.5 Å². The predicted octanol–water partition coefficient (Wildman–Crippen LogP) is 5.61. The van der Waals surface area contributed by atoms with Gasteiger partial charge < -0.3 is 9.84 Å². The molecule has 1 aliphatic rings. The number of carbonyl (C=O) groups excluding carboxylic acids is 1. The number of nitrogens with zero attached hydrogens (tertiary/aromatic N) is 3. The molecule has 3 aromatic rings. The van der Waals surface area contributed by atoms with Crippen LogP contribution in [0.1, 0.15) is 29.9 Å². The first-order valence-electron chi connectivity index (χ1n) is 11.4. The molecule has 1 atom stereocenters. The summed E-state index contributed by atoms with van der Waals surface area (Å²) >= 11 is 14.1. The van der Waals surface area contributed by atoms with Gasteiger partial charge in [-0.25, -0.2) is 0 Å². The molecule has 180 valence electrons. The summed E-state index contributed by atoms with van der Waals surface area (Å²) in [5.41, 5.74) is 3.26. The van der Waals surface area contributed by atoms with E-state index < -0.39 is 0 Å². The highest BCUT2D eigenvalue weighted by atomic mass is 35.5. The predicted molar refractivity (Wildman–Crippen MR) is 138 cm³/mol. The van der Waals surface area contributed by atoms with Gasteiger partial charge in [-0.15, -0.1) is 0 Å². The first-order valence-corrected chi connectivity index (χ1v) is 13.3. The van der Waals surface area contributed by atoms with Gasteiger partial charge in [0, 0.05) is 35.2 Å². The number of thioether (sulfide) groups is 1. The van der Waals surface area contributed by atoms with Gasteiger partial charge in [-0.3, -0.25) is 9.69 Å². The van der Waals surface area contributed by atoms with Crippen molar-refractivity contribution >= 4 is 40.9 Å². The lowest BCUT2D eigenvalue weighted by molar-refractivity contribution is -0.126. The van der Waals surface area contributed by atoms with Crippen LogP contribution in [-0.4, -0.2) is 46.3 Å². The number of hydrogen-bond acceptors (Lipinski definition) is 6. The number of halogens is 2. The Bertz CT molecular complexity index is 1110. The molecule has 6 nitrogen and oxygen atoms in total. The molecule has 1 N–H and O–H groups in total. The minimum absolute atomic E-state index is 0.0241. The summed E-state index contributed by atoms with van der Waals surface area (Å²) < 4.78 is 5.44. The van der Waals surface area contributed by atoms with Gasteiger partial charge in [0.2, 0.25) is 17.6 Å². The zero-order chi connectivity index (χ0) is 23.9. The quantitative estimate of drug-likeness (QED) is 0.371. The molecular formula is C25H28Cl2N4O2S. The van der Waals surface area contributed by atoms with Gasteiger partial charge in [-0.05, 0) is 50.1 Å². The van der Waals surface area contributed by atoms with E-state index in [0.717, 1.165) is 30.9 Å². The molecular weight excluding hydrogens is 491 g/mol. The van der Waals surface area contributed by atoms with Crippen LogP contribution in [0.4, 0.5) is 0 Å². The fourth-order valence-corrected chi connectivity index (χ4v) is 5.28. The Balaban J connectivity index is 1.21. The molecule has 4 rings (SSSR count). The molecule has 0 radical (unpaired) electrons. The summed E-state index contributed by atoms with van der Waals surface area (Å²) in [6, 6.07) is 13.8. The third-order valence-corrected chi connectivity index (χ3v) is 7.39. The average molecular weight is 519 g/mol. The van der Waals surface area contributed by atoms with Crippen LogP contribution in [0.25, 0.3) is 11.4 Å². The lowest BCUT2D eigenvalue weighted by atomic mass is 9.97. The second-order valence-electron chi connectivity index (χ2n) is 8.54. The van der Waals surface area contributed by atoms with Gasteiger partial charge in [0.15, 0.2) is 0 Å². The van der Waals surface area contributed by atoms with Crippen molar-refractivity contribution in [3.63, 3.8) is 0 Å². The van der Waals surface area contributed by atoms with Crippen molar-refractivity contribution in [1.29, 1.82) is 0 Å². The van der Waals surface area contributed by atoms with Crippen LogP contribution in [0.3, 0.4) is 0 Å². The molecule has 1 aliphatic heterocycles. The lowest BCUT2D eigenvalue weighted by Crippen LogP contribution is -2.43. The highest BCUT2D eigenvalue weighted by Gasteiger charge is 2.26. The van der Waals surface area contributed by atoms with Crippen LogP contribution in [0.2, 0.25) is 10.0 Å². The normalized spacial score (nSPS) is 16.5. The summed E-state index contributed by atoms with van der Waals surface area (Å²) in [6.45, 7) is 4.86. The fourth-order valence-electron chi connectivity index (χ4n) is 3.97. The molecule has 34 heavy (non-hydrogen) atoms. The Hall–Kier alpha value is -2.06. The maximum Gasteiger partial charge on any atom is 0.241 e. The second kappa shape index (κ2) is 12.1. The summed E-state index contributed by atoms with van der Waals surface area (Å²) in [5, 5.41) is 8.20. The van der Waals surface area contributed by atoms with Crippen molar-refractivity contribution < 1.29 is 9.32 Å². The Morgan fingerprint density at radius 1 is 1.24 bits per heavy atom. The molecule has 0 bridgehead atoms. The molecule has 0 aliphatic carbocycles. The molecule has 1 amide bonds. The third kappa shape index (κ3) is 6.98. The third-order valence-electron chi connectivity index (χ3n) is 5.81. The average Bonchev–Trinajstić information content (AvgIpc) is 3.28. The van der Waals surface area contributed by atoms with Crippen molar-refractivity contribution in [2.24, 2.45) is 5.92 Å². The number of aromatic nitrogens is 2. The minimum Gasteiger partial charge on any atom is -0.355 e. The summed E-state index contributed by atoms with van der Waals surface area (Å²) in [4.78, 5) is 19.4. The Morgan fingerprint density at radius 3 is 2.85 bits per heavy atom. The number of carbonyl (C=O) groups is 1. The zero-order valence-corrected chi connectivity index (χ0v) is 21.4. The first kappa shape index (κ1) is 25.0. The van der Waals surface area contributed by atoms with Crippen molar-refractivity contribution in [2.45, 2.75) is 32.1 Å². The van der Waals surface area contributed by atoms with E-state index in [1.807, 2.05) is 11.8 Å². The number of amides is 1. The lowest BCUT2D eigenvalue weighted by Gasteiger charge is -2.30. The highest BCUT2D eigenvalue weighted by Crippen LogP contribution is 2.28. The molecule has 1 unspecified atom stereocenters. The first-order chi connectivity index (χ1) is 16.5. The second-order valence-corrected chi connectivity index (χ2v) is 10.5. The number of aryl methyl sites for hydroxylation is 1. The topological polar surface area (TPSA) is 71.3 Å². The number of likely N-dealkylation sites (tertiary alicyclic amines) is 1. The van der Waals surface area contributed by atoms with E-state index in [4.69, 9.17) is 27.7 Å². The zero-order valence-electron chi connectivity index (χ0n) is 19.1. The summed E-state index contributed by atoms with van der Waals surface area (Å²) in [7, 11) is 0. The number of benzene rings is 2. The van der Waals surface area contributed by atoms with Crippen molar-refractivity contribution in [3.05, 3.63) is 69.5 Å². The van der Waals surface area contributed by atoms with E-state index in [2.05, 4.69) is 51.5 Å². The van der Waals surface area contributed by atoms with Gasteiger partial charge in [0.25, 0.3) is 0 Å². The molecule has 0 saturated carbocycles. The van der Waals surface area contributed by atoms with Crippen LogP contribution in [0.15, 0.2) is 47.0 Å².